The topological polar surface area (TPSA) is 81.8 Å². The quantitative estimate of drug-likeness (QED) is 0.825. The molecule has 2 unspecified atom stereocenters. The minimum atomic E-state index is -0.387. The van der Waals surface area contributed by atoms with Crippen LogP contribution in [0.2, 0.25) is 0 Å². The van der Waals surface area contributed by atoms with Gasteiger partial charge in [0.15, 0.2) is 5.82 Å². The highest BCUT2D eigenvalue weighted by molar-refractivity contribution is 5.56. The van der Waals surface area contributed by atoms with Crippen molar-refractivity contribution in [3.63, 3.8) is 0 Å². The molecule has 5 nitrogen and oxygen atoms in total. The highest BCUT2D eigenvalue weighted by Gasteiger charge is 2.13. The molecule has 0 amide bonds. The number of aromatic nitrogens is 2. The zero-order chi connectivity index (χ0) is 13.0. The van der Waals surface area contributed by atoms with Crippen molar-refractivity contribution in [1.29, 1.82) is 5.26 Å². The molecule has 2 N–H and O–H groups in total. The maximum Gasteiger partial charge on any atom is 0.167 e. The third-order valence-electron chi connectivity index (χ3n) is 2.64. The highest BCUT2D eigenvalue weighted by Crippen LogP contribution is 2.18. The van der Waals surface area contributed by atoms with Crippen LogP contribution < -0.4 is 5.32 Å². The third kappa shape index (κ3) is 3.40. The average molecular weight is 234 g/mol. The molecular weight excluding hydrogens is 216 g/mol. The van der Waals surface area contributed by atoms with Crippen LogP contribution in [0.5, 0.6) is 0 Å². The van der Waals surface area contributed by atoms with Crippen molar-refractivity contribution in [3.8, 4) is 6.07 Å². The van der Waals surface area contributed by atoms with Crippen molar-refractivity contribution >= 4 is 5.82 Å². The predicted octanol–water partition coefficient (Wildman–Crippen LogP) is 1.54. The first kappa shape index (κ1) is 13.4. The van der Waals surface area contributed by atoms with Crippen LogP contribution >= 0.6 is 0 Å². The lowest BCUT2D eigenvalue weighted by atomic mass is 10.1. The SMILES string of the molecule is Cc1nnc(NC(C)CC(C)O)c(C#N)c1C. The lowest BCUT2D eigenvalue weighted by molar-refractivity contribution is 0.179. The van der Waals surface area contributed by atoms with Crippen molar-refractivity contribution in [2.24, 2.45) is 0 Å². The predicted molar refractivity (Wildman–Crippen MR) is 65.6 cm³/mol. The molecule has 1 aromatic heterocycles. The minimum absolute atomic E-state index is 0.0403. The second kappa shape index (κ2) is 5.60. The standard InChI is InChI=1S/C12H18N4O/c1-7(5-8(2)17)14-12-11(6-13)9(3)10(4)15-16-12/h7-8,17H,5H2,1-4H3,(H,14,16). The van der Waals surface area contributed by atoms with Gasteiger partial charge in [-0.2, -0.15) is 10.4 Å². The van der Waals surface area contributed by atoms with Crippen LogP contribution in [0.25, 0.3) is 0 Å². The monoisotopic (exact) mass is 234 g/mol. The van der Waals surface area contributed by atoms with Gasteiger partial charge in [0.25, 0.3) is 0 Å². The molecule has 0 bridgehead atoms. The Labute approximate surface area is 101 Å². The number of anilines is 1. The summed E-state index contributed by atoms with van der Waals surface area (Å²) in [6, 6.07) is 2.18. The molecule has 0 saturated heterocycles. The Balaban J connectivity index is 2.92. The van der Waals surface area contributed by atoms with Crippen LogP contribution in [0, 0.1) is 25.2 Å². The number of rotatable bonds is 4. The van der Waals surface area contributed by atoms with Gasteiger partial charge in [-0.05, 0) is 39.7 Å². The molecule has 1 rings (SSSR count). The number of hydrogen-bond donors (Lipinski definition) is 2. The second-order valence-corrected chi connectivity index (χ2v) is 4.38. The zero-order valence-corrected chi connectivity index (χ0v) is 10.7. The first-order valence-electron chi connectivity index (χ1n) is 5.64. The molecule has 1 heterocycles. The molecule has 0 spiro atoms. The normalized spacial score (nSPS) is 13.9. The Hall–Kier alpha value is -1.67. The van der Waals surface area contributed by atoms with E-state index in [9.17, 15) is 5.11 Å². The summed E-state index contributed by atoms with van der Waals surface area (Å²) in [7, 11) is 0. The van der Waals surface area contributed by atoms with Gasteiger partial charge < -0.3 is 10.4 Å². The lowest BCUT2D eigenvalue weighted by Crippen LogP contribution is -2.22. The van der Waals surface area contributed by atoms with E-state index in [1.54, 1.807) is 6.92 Å². The Kier molecular flexibility index (Phi) is 4.41. The molecule has 1 aromatic rings. The molecule has 0 radical (unpaired) electrons. The number of nitrogens with one attached hydrogen (secondary N) is 1. The van der Waals surface area contributed by atoms with E-state index in [2.05, 4.69) is 21.6 Å². The van der Waals surface area contributed by atoms with Crippen LogP contribution in [0.15, 0.2) is 0 Å². The second-order valence-electron chi connectivity index (χ2n) is 4.38. The Morgan fingerprint density at radius 2 is 2.00 bits per heavy atom. The van der Waals surface area contributed by atoms with E-state index in [1.165, 1.54) is 0 Å². The fourth-order valence-corrected chi connectivity index (χ4v) is 1.65. The molecule has 0 aliphatic heterocycles. The Bertz CT molecular complexity index is 437. The van der Waals surface area contributed by atoms with Gasteiger partial charge in [-0.25, -0.2) is 0 Å². The summed E-state index contributed by atoms with van der Waals surface area (Å²) >= 11 is 0. The molecule has 17 heavy (non-hydrogen) atoms. The summed E-state index contributed by atoms with van der Waals surface area (Å²) in [6.45, 7) is 7.35. The zero-order valence-electron chi connectivity index (χ0n) is 10.7. The molecule has 0 aliphatic carbocycles. The first-order chi connectivity index (χ1) is 7.95. The third-order valence-corrected chi connectivity index (χ3v) is 2.64. The molecule has 0 aliphatic rings. The molecule has 92 valence electrons. The van der Waals surface area contributed by atoms with Crippen molar-refractivity contribution in [2.45, 2.75) is 46.3 Å². The van der Waals surface area contributed by atoms with E-state index in [0.29, 0.717) is 17.8 Å². The highest BCUT2D eigenvalue weighted by atomic mass is 16.3. The molecule has 0 saturated carbocycles. The summed E-state index contributed by atoms with van der Waals surface area (Å²) in [5.41, 5.74) is 2.12. The lowest BCUT2D eigenvalue weighted by Gasteiger charge is -2.17. The van der Waals surface area contributed by atoms with Crippen LogP contribution in [0.4, 0.5) is 5.82 Å². The van der Waals surface area contributed by atoms with Gasteiger partial charge >= 0.3 is 0 Å². The van der Waals surface area contributed by atoms with Crippen molar-refractivity contribution in [1.82, 2.24) is 10.2 Å². The van der Waals surface area contributed by atoms with Crippen LogP contribution in [0.3, 0.4) is 0 Å². The van der Waals surface area contributed by atoms with Gasteiger partial charge in [-0.3, -0.25) is 0 Å². The van der Waals surface area contributed by atoms with Crippen molar-refractivity contribution in [3.05, 3.63) is 16.8 Å². The summed E-state index contributed by atoms with van der Waals surface area (Å²) < 4.78 is 0. The van der Waals surface area contributed by atoms with Gasteiger partial charge in [0.05, 0.1) is 11.8 Å². The molecule has 0 aromatic carbocycles. The average Bonchev–Trinajstić information content (AvgIpc) is 2.23. The van der Waals surface area contributed by atoms with Gasteiger partial charge in [0.2, 0.25) is 0 Å². The number of nitrogens with zero attached hydrogens (tertiary/aromatic N) is 3. The van der Waals surface area contributed by atoms with E-state index in [0.717, 1.165) is 11.3 Å². The van der Waals surface area contributed by atoms with E-state index in [4.69, 9.17) is 5.26 Å². The van der Waals surface area contributed by atoms with Crippen LogP contribution in [-0.4, -0.2) is 27.4 Å². The van der Waals surface area contributed by atoms with Crippen LogP contribution in [-0.2, 0) is 0 Å². The molecule has 0 fully saturated rings. The van der Waals surface area contributed by atoms with E-state index in [1.807, 2.05) is 20.8 Å². The number of aliphatic hydroxyl groups excluding tert-OH is 1. The Morgan fingerprint density at radius 1 is 1.35 bits per heavy atom. The van der Waals surface area contributed by atoms with E-state index < -0.39 is 0 Å². The fourth-order valence-electron chi connectivity index (χ4n) is 1.65. The van der Waals surface area contributed by atoms with E-state index >= 15 is 0 Å². The molecular formula is C12H18N4O. The summed E-state index contributed by atoms with van der Waals surface area (Å²) in [5.74, 6) is 0.490. The first-order valence-corrected chi connectivity index (χ1v) is 5.64. The minimum Gasteiger partial charge on any atom is -0.393 e. The maximum absolute atomic E-state index is 9.28. The van der Waals surface area contributed by atoms with Gasteiger partial charge in [-0.1, -0.05) is 0 Å². The van der Waals surface area contributed by atoms with Crippen molar-refractivity contribution in [2.75, 3.05) is 5.32 Å². The molecule has 5 heteroatoms. The number of aliphatic hydroxyl groups is 1. The smallest absolute Gasteiger partial charge is 0.167 e. The maximum atomic E-state index is 9.28. The van der Waals surface area contributed by atoms with Gasteiger partial charge in [0.1, 0.15) is 11.6 Å². The number of nitriles is 1. The van der Waals surface area contributed by atoms with Gasteiger partial charge in [-0.15, -0.1) is 5.10 Å². The summed E-state index contributed by atoms with van der Waals surface area (Å²) in [5, 5.41) is 29.5. The Morgan fingerprint density at radius 3 is 2.53 bits per heavy atom. The van der Waals surface area contributed by atoms with Gasteiger partial charge in [0, 0.05) is 6.04 Å². The van der Waals surface area contributed by atoms with Crippen molar-refractivity contribution < 1.29 is 5.11 Å². The largest absolute Gasteiger partial charge is 0.393 e. The van der Waals surface area contributed by atoms with E-state index in [-0.39, 0.29) is 12.1 Å². The van der Waals surface area contributed by atoms with Crippen LogP contribution in [0.1, 0.15) is 37.1 Å². The molecule has 2 atom stereocenters. The summed E-state index contributed by atoms with van der Waals surface area (Å²) in [6.07, 6.45) is 0.210. The number of aryl methyl sites for hydroxylation is 1. The fraction of sp³-hybridized carbons (Fsp3) is 0.583. The summed E-state index contributed by atoms with van der Waals surface area (Å²) in [4.78, 5) is 0. The number of hydrogen-bond acceptors (Lipinski definition) is 5.